The summed E-state index contributed by atoms with van der Waals surface area (Å²) >= 11 is 5.80. The van der Waals surface area contributed by atoms with Crippen LogP contribution in [0.3, 0.4) is 0 Å². The lowest BCUT2D eigenvalue weighted by Gasteiger charge is -2.25. The van der Waals surface area contributed by atoms with Crippen LogP contribution in [0.5, 0.6) is 0 Å². The molecule has 1 aromatic heterocycles. The van der Waals surface area contributed by atoms with Gasteiger partial charge in [0.05, 0.1) is 22.7 Å². The number of amides is 1. The smallest absolute Gasteiger partial charge is 0.253 e. The van der Waals surface area contributed by atoms with Crippen molar-refractivity contribution >= 4 is 23.3 Å². The highest BCUT2D eigenvalue weighted by Crippen LogP contribution is 2.17. The lowest BCUT2D eigenvalue weighted by Crippen LogP contribution is -2.46. The number of hydrogen-bond acceptors (Lipinski definition) is 4. The first-order chi connectivity index (χ1) is 7.85. The molecule has 94 valence electrons. The number of nitrogens with zero attached hydrogens (tertiary/aromatic N) is 1. The molecule has 0 fully saturated rings. The molecule has 0 radical (unpaired) electrons. The molecule has 1 aromatic rings. The predicted octanol–water partition coefficient (Wildman–Crippen LogP) is 1.47. The van der Waals surface area contributed by atoms with Gasteiger partial charge in [-0.2, -0.15) is 0 Å². The van der Waals surface area contributed by atoms with Gasteiger partial charge in [-0.1, -0.05) is 11.6 Å². The number of pyridine rings is 1. The van der Waals surface area contributed by atoms with Crippen LogP contribution in [-0.2, 0) is 4.74 Å². The Morgan fingerprint density at radius 2 is 2.29 bits per heavy atom. The Morgan fingerprint density at radius 1 is 1.65 bits per heavy atom. The van der Waals surface area contributed by atoms with Crippen molar-refractivity contribution in [1.82, 2.24) is 10.3 Å². The van der Waals surface area contributed by atoms with E-state index in [1.807, 2.05) is 13.8 Å². The molecular formula is C11H16ClN3O2. The van der Waals surface area contributed by atoms with Gasteiger partial charge >= 0.3 is 0 Å². The molecule has 17 heavy (non-hydrogen) atoms. The van der Waals surface area contributed by atoms with E-state index in [0.717, 1.165) is 0 Å². The molecule has 3 N–H and O–H groups in total. The average molecular weight is 258 g/mol. The van der Waals surface area contributed by atoms with Crippen LogP contribution in [0.1, 0.15) is 24.2 Å². The number of carbonyl (C=O) groups excluding carboxylic acids is 1. The molecule has 0 bridgehead atoms. The standard InChI is InChI=1S/C11H16ClN3O2/c1-11(2,6-17-3)15-10(16)7-4-8(12)9(13)14-5-7/h4-5H,6H2,1-3H3,(H2,13,14)(H,15,16). The number of nitrogens with two attached hydrogens (primary N) is 1. The van der Waals surface area contributed by atoms with Gasteiger partial charge in [-0.3, -0.25) is 4.79 Å². The Labute approximate surface area is 105 Å². The van der Waals surface area contributed by atoms with Crippen LogP contribution in [0.25, 0.3) is 0 Å². The molecule has 0 aliphatic heterocycles. The zero-order chi connectivity index (χ0) is 13.1. The van der Waals surface area contributed by atoms with Crippen molar-refractivity contribution in [3.05, 3.63) is 22.8 Å². The second-order valence-corrected chi connectivity index (χ2v) is 4.77. The number of anilines is 1. The zero-order valence-corrected chi connectivity index (χ0v) is 10.8. The molecule has 1 rings (SSSR count). The Balaban J connectivity index is 2.80. The minimum atomic E-state index is -0.459. The Kier molecular flexibility index (Phi) is 4.31. The van der Waals surface area contributed by atoms with E-state index >= 15 is 0 Å². The largest absolute Gasteiger partial charge is 0.382 e. The monoisotopic (exact) mass is 257 g/mol. The van der Waals surface area contributed by atoms with Gasteiger partial charge in [-0.25, -0.2) is 4.98 Å². The summed E-state index contributed by atoms with van der Waals surface area (Å²) in [5.74, 6) is -0.0548. The summed E-state index contributed by atoms with van der Waals surface area (Å²) in [5.41, 5.74) is 5.38. The van der Waals surface area contributed by atoms with Crippen molar-refractivity contribution in [2.75, 3.05) is 19.5 Å². The van der Waals surface area contributed by atoms with Crippen LogP contribution in [0.15, 0.2) is 12.3 Å². The molecule has 0 atom stereocenters. The number of halogens is 1. The first kappa shape index (κ1) is 13.7. The van der Waals surface area contributed by atoms with E-state index in [1.54, 1.807) is 7.11 Å². The fourth-order valence-electron chi connectivity index (χ4n) is 1.35. The van der Waals surface area contributed by atoms with Gasteiger partial charge in [0, 0.05) is 13.3 Å². The second-order valence-electron chi connectivity index (χ2n) is 4.36. The van der Waals surface area contributed by atoms with Crippen molar-refractivity contribution in [2.45, 2.75) is 19.4 Å². The SMILES string of the molecule is COCC(C)(C)NC(=O)c1cnc(N)c(Cl)c1. The summed E-state index contributed by atoms with van der Waals surface area (Å²) in [6.45, 7) is 4.14. The third-order valence-corrected chi connectivity index (χ3v) is 2.39. The topological polar surface area (TPSA) is 77.2 Å². The molecule has 0 aliphatic carbocycles. The van der Waals surface area contributed by atoms with E-state index < -0.39 is 5.54 Å². The van der Waals surface area contributed by atoms with Crippen molar-refractivity contribution < 1.29 is 9.53 Å². The van der Waals surface area contributed by atoms with Crippen molar-refractivity contribution in [3.63, 3.8) is 0 Å². The van der Waals surface area contributed by atoms with Crippen LogP contribution >= 0.6 is 11.6 Å². The molecule has 0 saturated heterocycles. The Hall–Kier alpha value is -1.33. The van der Waals surface area contributed by atoms with Crippen LogP contribution in [0.4, 0.5) is 5.82 Å². The highest BCUT2D eigenvalue weighted by molar-refractivity contribution is 6.33. The van der Waals surface area contributed by atoms with Crippen molar-refractivity contribution in [3.8, 4) is 0 Å². The molecule has 0 aliphatic rings. The van der Waals surface area contributed by atoms with Crippen LogP contribution in [0, 0.1) is 0 Å². The van der Waals surface area contributed by atoms with Crippen LogP contribution in [0.2, 0.25) is 5.02 Å². The third-order valence-electron chi connectivity index (χ3n) is 2.09. The zero-order valence-electron chi connectivity index (χ0n) is 10.1. The molecule has 0 spiro atoms. The van der Waals surface area contributed by atoms with Gasteiger partial charge in [0.15, 0.2) is 0 Å². The maximum atomic E-state index is 11.9. The normalized spacial score (nSPS) is 11.3. The Bertz CT molecular complexity index is 421. The third kappa shape index (κ3) is 3.87. The van der Waals surface area contributed by atoms with E-state index in [9.17, 15) is 4.79 Å². The van der Waals surface area contributed by atoms with Crippen LogP contribution < -0.4 is 11.1 Å². The fraction of sp³-hybridized carbons (Fsp3) is 0.455. The molecule has 0 unspecified atom stereocenters. The number of ether oxygens (including phenoxy) is 1. The lowest BCUT2D eigenvalue weighted by atomic mass is 10.1. The van der Waals surface area contributed by atoms with E-state index in [0.29, 0.717) is 12.2 Å². The quantitative estimate of drug-likeness (QED) is 0.856. The van der Waals surface area contributed by atoms with Crippen molar-refractivity contribution in [1.29, 1.82) is 0 Å². The summed E-state index contributed by atoms with van der Waals surface area (Å²) in [6, 6.07) is 1.49. The average Bonchev–Trinajstić information content (AvgIpc) is 2.21. The number of nitrogens with one attached hydrogen (secondary N) is 1. The number of hydrogen-bond donors (Lipinski definition) is 2. The molecule has 0 aromatic carbocycles. The van der Waals surface area contributed by atoms with Crippen LogP contribution in [-0.4, -0.2) is 30.1 Å². The van der Waals surface area contributed by atoms with Gasteiger partial charge < -0.3 is 15.8 Å². The van der Waals surface area contributed by atoms with E-state index in [2.05, 4.69) is 10.3 Å². The number of rotatable bonds is 4. The molecule has 0 saturated carbocycles. The highest BCUT2D eigenvalue weighted by Gasteiger charge is 2.21. The summed E-state index contributed by atoms with van der Waals surface area (Å²) < 4.78 is 5.01. The van der Waals surface area contributed by atoms with Gasteiger partial charge in [0.25, 0.3) is 5.91 Å². The maximum Gasteiger partial charge on any atom is 0.253 e. The maximum absolute atomic E-state index is 11.9. The first-order valence-corrected chi connectivity index (χ1v) is 5.46. The summed E-state index contributed by atoms with van der Waals surface area (Å²) in [7, 11) is 1.58. The van der Waals surface area contributed by atoms with Crippen molar-refractivity contribution in [2.24, 2.45) is 0 Å². The molecule has 6 heteroatoms. The molecule has 5 nitrogen and oxygen atoms in total. The number of nitrogen functional groups attached to an aromatic ring is 1. The van der Waals surface area contributed by atoms with E-state index in [1.165, 1.54) is 12.3 Å². The summed E-state index contributed by atoms with van der Waals surface area (Å²) in [5, 5.41) is 3.08. The molecule has 1 amide bonds. The van der Waals surface area contributed by atoms with E-state index in [-0.39, 0.29) is 16.7 Å². The minimum absolute atomic E-state index is 0.208. The van der Waals surface area contributed by atoms with Gasteiger partial charge in [0.2, 0.25) is 0 Å². The Morgan fingerprint density at radius 3 is 2.82 bits per heavy atom. The lowest BCUT2D eigenvalue weighted by molar-refractivity contribution is 0.0819. The number of methoxy groups -OCH3 is 1. The number of carbonyl (C=O) groups is 1. The molecular weight excluding hydrogens is 242 g/mol. The number of aromatic nitrogens is 1. The predicted molar refractivity (Wildman–Crippen MR) is 67.1 cm³/mol. The minimum Gasteiger partial charge on any atom is -0.382 e. The van der Waals surface area contributed by atoms with Gasteiger partial charge in [0.1, 0.15) is 5.82 Å². The molecule has 1 heterocycles. The summed E-state index contributed by atoms with van der Waals surface area (Å²) in [6.07, 6.45) is 1.39. The summed E-state index contributed by atoms with van der Waals surface area (Å²) in [4.78, 5) is 15.7. The second kappa shape index (κ2) is 5.33. The first-order valence-electron chi connectivity index (χ1n) is 5.08. The van der Waals surface area contributed by atoms with Gasteiger partial charge in [-0.05, 0) is 19.9 Å². The van der Waals surface area contributed by atoms with E-state index in [4.69, 9.17) is 22.1 Å². The van der Waals surface area contributed by atoms with Gasteiger partial charge in [-0.15, -0.1) is 0 Å². The highest BCUT2D eigenvalue weighted by atomic mass is 35.5. The fourth-order valence-corrected chi connectivity index (χ4v) is 1.52.